The summed E-state index contributed by atoms with van der Waals surface area (Å²) in [5, 5.41) is 11.9. The normalized spacial score (nSPS) is 20.2. The monoisotopic (exact) mass is 327 g/mol. The van der Waals surface area contributed by atoms with Crippen molar-refractivity contribution in [2.45, 2.75) is 24.8 Å². The fourth-order valence-corrected chi connectivity index (χ4v) is 2.95. The fourth-order valence-electron chi connectivity index (χ4n) is 2.95. The molecule has 2 aromatic carbocycles. The van der Waals surface area contributed by atoms with Gasteiger partial charge < -0.3 is 10.4 Å². The number of hydrogen-bond donors (Lipinski definition) is 2. The summed E-state index contributed by atoms with van der Waals surface area (Å²) in [4.78, 5) is 23.5. The van der Waals surface area contributed by atoms with Crippen molar-refractivity contribution in [3.63, 3.8) is 0 Å². The van der Waals surface area contributed by atoms with Gasteiger partial charge in [0.1, 0.15) is 5.82 Å². The molecule has 0 aliphatic heterocycles. The van der Waals surface area contributed by atoms with E-state index in [-0.39, 0.29) is 30.0 Å². The minimum Gasteiger partial charge on any atom is -0.481 e. The highest BCUT2D eigenvalue weighted by molar-refractivity contribution is 5.84. The average molecular weight is 327 g/mol. The molecule has 0 aromatic heterocycles. The number of amides is 1. The first-order valence-corrected chi connectivity index (χ1v) is 7.87. The van der Waals surface area contributed by atoms with E-state index in [0.717, 1.165) is 11.1 Å². The number of rotatable bonds is 6. The lowest BCUT2D eigenvalue weighted by atomic mass is 10.0. The third-order valence-corrected chi connectivity index (χ3v) is 4.32. The number of hydrogen-bond acceptors (Lipinski definition) is 2. The number of carboxylic acid groups (broad SMARTS) is 1. The summed E-state index contributed by atoms with van der Waals surface area (Å²) in [5.41, 5.74) is 1.71. The number of carboxylic acids is 1. The summed E-state index contributed by atoms with van der Waals surface area (Å²) in [6, 6.07) is 14.7. The standard InChI is InChI=1S/C19H18FNO3/c20-14-8-6-12(7-9-14)15-10-16(15)19(24)21-17(11-18(22)23)13-4-2-1-3-5-13/h1-9,15-17H,10-11H2,(H,21,24)(H,22,23). The second kappa shape index (κ2) is 6.83. The Morgan fingerprint density at radius 1 is 1.12 bits per heavy atom. The first-order chi connectivity index (χ1) is 11.5. The molecule has 5 heteroatoms. The molecule has 1 fully saturated rings. The van der Waals surface area contributed by atoms with E-state index in [1.807, 2.05) is 18.2 Å². The van der Waals surface area contributed by atoms with Crippen LogP contribution in [0, 0.1) is 11.7 Å². The number of carbonyl (C=O) groups is 2. The van der Waals surface area contributed by atoms with Crippen molar-refractivity contribution >= 4 is 11.9 Å². The van der Waals surface area contributed by atoms with E-state index in [1.165, 1.54) is 12.1 Å². The van der Waals surface area contributed by atoms with Gasteiger partial charge in [0.25, 0.3) is 0 Å². The Labute approximate surface area is 139 Å². The van der Waals surface area contributed by atoms with Gasteiger partial charge in [0.15, 0.2) is 0 Å². The van der Waals surface area contributed by atoms with E-state index < -0.39 is 12.0 Å². The number of carbonyl (C=O) groups excluding carboxylic acids is 1. The zero-order valence-electron chi connectivity index (χ0n) is 13.0. The molecule has 2 N–H and O–H groups in total. The van der Waals surface area contributed by atoms with Crippen LogP contribution in [0.2, 0.25) is 0 Å². The van der Waals surface area contributed by atoms with Crippen LogP contribution in [0.1, 0.15) is 35.9 Å². The molecule has 0 heterocycles. The lowest BCUT2D eigenvalue weighted by Gasteiger charge is -2.17. The van der Waals surface area contributed by atoms with Crippen LogP contribution in [-0.2, 0) is 9.59 Å². The largest absolute Gasteiger partial charge is 0.481 e. The van der Waals surface area contributed by atoms with Crippen LogP contribution >= 0.6 is 0 Å². The van der Waals surface area contributed by atoms with Crippen molar-refractivity contribution in [1.29, 1.82) is 0 Å². The minimum atomic E-state index is -0.963. The highest BCUT2D eigenvalue weighted by Gasteiger charge is 2.44. The number of nitrogens with one attached hydrogen (secondary N) is 1. The molecule has 2 aromatic rings. The predicted octanol–water partition coefficient (Wildman–Crippen LogP) is 3.26. The van der Waals surface area contributed by atoms with Crippen LogP contribution in [0.3, 0.4) is 0 Å². The molecule has 3 unspecified atom stereocenters. The minimum absolute atomic E-state index is 0.0758. The first-order valence-electron chi connectivity index (χ1n) is 7.87. The summed E-state index contributed by atoms with van der Waals surface area (Å²) in [5.74, 6) is -1.53. The Hall–Kier alpha value is -2.69. The van der Waals surface area contributed by atoms with Crippen molar-refractivity contribution in [2.75, 3.05) is 0 Å². The first kappa shape index (κ1) is 16.2. The summed E-state index contributed by atoms with van der Waals surface area (Å²) in [6.07, 6.45) is 0.537. The molecule has 1 aliphatic rings. The molecule has 1 aliphatic carbocycles. The molecule has 0 bridgehead atoms. The fraction of sp³-hybridized carbons (Fsp3) is 0.263. The van der Waals surface area contributed by atoms with Crippen LogP contribution in [-0.4, -0.2) is 17.0 Å². The van der Waals surface area contributed by atoms with Crippen LogP contribution in [0.4, 0.5) is 4.39 Å². The SMILES string of the molecule is O=C(O)CC(NC(=O)C1CC1c1ccc(F)cc1)c1ccccc1. The van der Waals surface area contributed by atoms with Crippen LogP contribution < -0.4 is 5.32 Å². The molecular weight excluding hydrogens is 309 g/mol. The lowest BCUT2D eigenvalue weighted by molar-refractivity contribution is -0.137. The van der Waals surface area contributed by atoms with E-state index >= 15 is 0 Å². The van der Waals surface area contributed by atoms with Gasteiger partial charge in [0.05, 0.1) is 12.5 Å². The van der Waals surface area contributed by atoms with E-state index in [4.69, 9.17) is 5.11 Å². The maximum atomic E-state index is 13.0. The molecule has 0 spiro atoms. The van der Waals surface area contributed by atoms with E-state index in [0.29, 0.717) is 6.42 Å². The summed E-state index contributed by atoms with van der Waals surface area (Å²) >= 11 is 0. The van der Waals surface area contributed by atoms with Gasteiger partial charge in [-0.2, -0.15) is 0 Å². The number of halogens is 1. The molecule has 0 radical (unpaired) electrons. The molecule has 1 amide bonds. The molecule has 124 valence electrons. The zero-order valence-corrected chi connectivity index (χ0v) is 13.0. The molecule has 1 saturated carbocycles. The Kier molecular flexibility index (Phi) is 4.60. The third kappa shape index (κ3) is 3.79. The summed E-state index contributed by atoms with van der Waals surface area (Å²) in [6.45, 7) is 0. The zero-order chi connectivity index (χ0) is 17.1. The van der Waals surface area contributed by atoms with Crippen molar-refractivity contribution in [3.8, 4) is 0 Å². The Morgan fingerprint density at radius 3 is 2.42 bits per heavy atom. The van der Waals surface area contributed by atoms with Crippen molar-refractivity contribution in [2.24, 2.45) is 5.92 Å². The molecule has 24 heavy (non-hydrogen) atoms. The predicted molar refractivity (Wildman–Crippen MR) is 86.8 cm³/mol. The van der Waals surface area contributed by atoms with Gasteiger partial charge in [0.2, 0.25) is 5.91 Å². The Morgan fingerprint density at radius 2 is 1.79 bits per heavy atom. The second-order valence-electron chi connectivity index (χ2n) is 6.07. The summed E-state index contributed by atoms with van der Waals surface area (Å²) < 4.78 is 13.0. The maximum absolute atomic E-state index is 13.0. The van der Waals surface area contributed by atoms with Crippen LogP contribution in [0.5, 0.6) is 0 Å². The van der Waals surface area contributed by atoms with Gasteiger partial charge in [-0.15, -0.1) is 0 Å². The van der Waals surface area contributed by atoms with E-state index in [1.54, 1.807) is 24.3 Å². The van der Waals surface area contributed by atoms with E-state index in [9.17, 15) is 14.0 Å². The quantitative estimate of drug-likeness (QED) is 0.856. The molecule has 3 rings (SSSR count). The van der Waals surface area contributed by atoms with Crippen molar-refractivity contribution in [3.05, 3.63) is 71.5 Å². The third-order valence-electron chi connectivity index (χ3n) is 4.32. The topological polar surface area (TPSA) is 66.4 Å². The van der Waals surface area contributed by atoms with Gasteiger partial charge in [-0.1, -0.05) is 42.5 Å². The number of aliphatic carboxylic acids is 1. The molecule has 0 saturated heterocycles. The molecular formula is C19H18FNO3. The van der Waals surface area contributed by atoms with Gasteiger partial charge >= 0.3 is 5.97 Å². The lowest BCUT2D eigenvalue weighted by Crippen LogP contribution is -2.31. The van der Waals surface area contributed by atoms with Crippen molar-refractivity contribution in [1.82, 2.24) is 5.32 Å². The Bertz CT molecular complexity index is 730. The van der Waals surface area contributed by atoms with Crippen molar-refractivity contribution < 1.29 is 19.1 Å². The van der Waals surface area contributed by atoms with Gasteiger partial charge in [0, 0.05) is 5.92 Å². The average Bonchev–Trinajstić information content (AvgIpc) is 3.36. The maximum Gasteiger partial charge on any atom is 0.305 e. The molecule has 4 nitrogen and oxygen atoms in total. The van der Waals surface area contributed by atoms with Gasteiger partial charge in [-0.3, -0.25) is 9.59 Å². The Balaban J connectivity index is 1.66. The van der Waals surface area contributed by atoms with E-state index in [2.05, 4.69) is 5.32 Å². The highest BCUT2D eigenvalue weighted by Crippen LogP contribution is 2.47. The highest BCUT2D eigenvalue weighted by atomic mass is 19.1. The smallest absolute Gasteiger partial charge is 0.305 e. The van der Waals surface area contributed by atoms with Crippen LogP contribution in [0.25, 0.3) is 0 Å². The van der Waals surface area contributed by atoms with Crippen LogP contribution in [0.15, 0.2) is 54.6 Å². The summed E-state index contributed by atoms with van der Waals surface area (Å²) in [7, 11) is 0. The molecule has 3 atom stereocenters. The van der Waals surface area contributed by atoms with Gasteiger partial charge in [-0.05, 0) is 35.6 Å². The second-order valence-corrected chi connectivity index (χ2v) is 6.07. The number of benzene rings is 2. The van der Waals surface area contributed by atoms with Gasteiger partial charge in [-0.25, -0.2) is 4.39 Å².